The van der Waals surface area contributed by atoms with Crippen LogP contribution in [0.25, 0.3) is 0 Å². The van der Waals surface area contributed by atoms with Gasteiger partial charge in [0.1, 0.15) is 0 Å². The van der Waals surface area contributed by atoms with E-state index >= 15 is 0 Å². The molecular formula is C9H16O3S. The van der Waals surface area contributed by atoms with Gasteiger partial charge in [-0.25, -0.2) is 4.79 Å². The molecule has 1 rings (SSSR count). The van der Waals surface area contributed by atoms with Crippen LogP contribution in [0.5, 0.6) is 0 Å². The lowest BCUT2D eigenvalue weighted by atomic mass is 9.82. The molecule has 76 valence electrons. The van der Waals surface area contributed by atoms with Crippen LogP contribution >= 0.6 is 11.8 Å². The van der Waals surface area contributed by atoms with E-state index in [1.165, 1.54) is 7.11 Å². The van der Waals surface area contributed by atoms with Crippen molar-refractivity contribution < 1.29 is 14.6 Å². The van der Waals surface area contributed by atoms with Crippen molar-refractivity contribution in [2.24, 2.45) is 5.41 Å². The molecule has 1 aliphatic rings. The molecule has 4 heteroatoms. The van der Waals surface area contributed by atoms with Crippen LogP contribution in [-0.4, -0.2) is 35.3 Å². The van der Waals surface area contributed by atoms with Crippen molar-refractivity contribution in [3.05, 3.63) is 0 Å². The van der Waals surface area contributed by atoms with Crippen molar-refractivity contribution in [2.45, 2.75) is 25.9 Å². The van der Waals surface area contributed by atoms with Gasteiger partial charge in [0.05, 0.1) is 7.11 Å². The van der Waals surface area contributed by atoms with Crippen LogP contribution in [0.4, 0.5) is 0 Å². The van der Waals surface area contributed by atoms with Gasteiger partial charge in [0.15, 0.2) is 5.60 Å². The highest BCUT2D eigenvalue weighted by molar-refractivity contribution is 7.99. The number of hydrogen-bond acceptors (Lipinski definition) is 4. The van der Waals surface area contributed by atoms with E-state index in [1.807, 2.05) is 13.8 Å². The molecule has 0 radical (unpaired) electrons. The van der Waals surface area contributed by atoms with Crippen molar-refractivity contribution in [3.8, 4) is 0 Å². The van der Waals surface area contributed by atoms with E-state index < -0.39 is 11.6 Å². The highest BCUT2D eigenvalue weighted by Gasteiger charge is 2.45. The molecule has 0 saturated carbocycles. The van der Waals surface area contributed by atoms with Gasteiger partial charge in [0.25, 0.3) is 0 Å². The third-order valence-corrected chi connectivity index (χ3v) is 3.84. The Hall–Kier alpha value is -0.220. The molecule has 0 aromatic carbocycles. The van der Waals surface area contributed by atoms with Crippen LogP contribution in [0.15, 0.2) is 0 Å². The average Bonchev–Trinajstić information content (AvgIpc) is 2.00. The van der Waals surface area contributed by atoms with Gasteiger partial charge in [-0.15, -0.1) is 0 Å². The minimum absolute atomic E-state index is 0.00581. The Morgan fingerprint density at radius 3 is 2.54 bits per heavy atom. The number of rotatable bonds is 1. The molecule has 1 unspecified atom stereocenters. The van der Waals surface area contributed by atoms with Crippen molar-refractivity contribution in [2.75, 3.05) is 18.6 Å². The van der Waals surface area contributed by atoms with E-state index in [0.717, 1.165) is 5.75 Å². The Balaban J connectivity index is 2.74. The topological polar surface area (TPSA) is 46.5 Å². The Kier molecular flexibility index (Phi) is 2.92. The van der Waals surface area contributed by atoms with Gasteiger partial charge in [0, 0.05) is 5.75 Å². The second-order valence-electron chi connectivity index (χ2n) is 4.36. The predicted molar refractivity (Wildman–Crippen MR) is 52.7 cm³/mol. The third-order valence-electron chi connectivity index (χ3n) is 2.17. The zero-order chi connectivity index (χ0) is 10.1. The second-order valence-corrected chi connectivity index (χ2v) is 5.34. The number of carbonyl (C=O) groups excluding carboxylic acids is 1. The summed E-state index contributed by atoms with van der Waals surface area (Å²) in [5.74, 6) is 0.919. The average molecular weight is 204 g/mol. The summed E-state index contributed by atoms with van der Waals surface area (Å²) >= 11 is 1.60. The van der Waals surface area contributed by atoms with Gasteiger partial charge in [-0.05, 0) is 17.6 Å². The summed E-state index contributed by atoms with van der Waals surface area (Å²) in [6.07, 6.45) is 0.486. The number of carbonyl (C=O) groups is 1. The fourth-order valence-corrected chi connectivity index (χ4v) is 3.03. The van der Waals surface area contributed by atoms with Crippen LogP contribution in [0.3, 0.4) is 0 Å². The zero-order valence-corrected chi connectivity index (χ0v) is 9.11. The van der Waals surface area contributed by atoms with Gasteiger partial charge in [-0.3, -0.25) is 0 Å². The minimum atomic E-state index is -1.28. The number of hydrogen-bond donors (Lipinski definition) is 1. The van der Waals surface area contributed by atoms with E-state index in [9.17, 15) is 9.90 Å². The van der Waals surface area contributed by atoms with Gasteiger partial charge >= 0.3 is 5.97 Å². The molecule has 0 aromatic heterocycles. The lowest BCUT2D eigenvalue weighted by Gasteiger charge is -2.38. The first kappa shape index (κ1) is 10.9. The Morgan fingerprint density at radius 1 is 1.46 bits per heavy atom. The number of thioether (sulfide) groups is 1. The summed E-state index contributed by atoms with van der Waals surface area (Å²) in [6.45, 7) is 4.10. The molecule has 3 nitrogen and oxygen atoms in total. The van der Waals surface area contributed by atoms with Crippen molar-refractivity contribution >= 4 is 17.7 Å². The zero-order valence-electron chi connectivity index (χ0n) is 8.29. The largest absolute Gasteiger partial charge is 0.467 e. The molecule has 13 heavy (non-hydrogen) atoms. The molecule has 1 heterocycles. The molecule has 1 fully saturated rings. The lowest BCUT2D eigenvalue weighted by Crippen LogP contribution is -2.49. The number of ether oxygens (including phenoxy) is 1. The summed E-state index contributed by atoms with van der Waals surface area (Å²) in [5.41, 5.74) is -1.27. The standard InChI is InChI=1S/C9H16O3S/c1-8(2)4-9(11,6-13-5-8)7(10)12-3/h11H,4-6H2,1-3H3. The maximum absolute atomic E-state index is 11.3. The van der Waals surface area contributed by atoms with E-state index in [1.54, 1.807) is 11.8 Å². The van der Waals surface area contributed by atoms with E-state index in [0.29, 0.717) is 12.2 Å². The highest BCUT2D eigenvalue weighted by atomic mass is 32.2. The summed E-state index contributed by atoms with van der Waals surface area (Å²) < 4.78 is 4.58. The fourth-order valence-electron chi connectivity index (χ4n) is 1.71. The summed E-state index contributed by atoms with van der Waals surface area (Å²) in [7, 11) is 1.31. The maximum Gasteiger partial charge on any atom is 0.338 e. The first-order valence-corrected chi connectivity index (χ1v) is 5.44. The predicted octanol–water partition coefficient (Wildman–Crippen LogP) is 1.05. The van der Waals surface area contributed by atoms with Gasteiger partial charge < -0.3 is 9.84 Å². The van der Waals surface area contributed by atoms with E-state index in [4.69, 9.17) is 0 Å². The fraction of sp³-hybridized carbons (Fsp3) is 0.889. The van der Waals surface area contributed by atoms with Crippen LogP contribution in [0.1, 0.15) is 20.3 Å². The number of methoxy groups -OCH3 is 1. The molecule has 0 spiro atoms. The molecule has 1 aliphatic heterocycles. The maximum atomic E-state index is 11.3. The van der Waals surface area contributed by atoms with Crippen LogP contribution < -0.4 is 0 Å². The van der Waals surface area contributed by atoms with Gasteiger partial charge in [0.2, 0.25) is 0 Å². The quantitative estimate of drug-likeness (QED) is 0.649. The number of aliphatic hydroxyl groups is 1. The van der Waals surface area contributed by atoms with Crippen molar-refractivity contribution in [1.82, 2.24) is 0 Å². The first-order chi connectivity index (χ1) is 5.90. The van der Waals surface area contributed by atoms with Crippen LogP contribution in [0, 0.1) is 5.41 Å². The van der Waals surface area contributed by atoms with Crippen LogP contribution in [-0.2, 0) is 9.53 Å². The van der Waals surface area contributed by atoms with E-state index in [-0.39, 0.29) is 5.41 Å². The SMILES string of the molecule is COC(=O)C1(O)CSCC(C)(C)C1. The molecule has 1 N–H and O–H groups in total. The molecule has 1 atom stereocenters. The smallest absolute Gasteiger partial charge is 0.338 e. The van der Waals surface area contributed by atoms with Crippen LogP contribution in [0.2, 0.25) is 0 Å². The molecule has 0 aromatic rings. The summed E-state index contributed by atoms with van der Waals surface area (Å²) in [6, 6.07) is 0. The summed E-state index contributed by atoms with van der Waals surface area (Å²) in [5, 5.41) is 9.98. The van der Waals surface area contributed by atoms with Gasteiger partial charge in [-0.2, -0.15) is 11.8 Å². The molecule has 0 amide bonds. The van der Waals surface area contributed by atoms with E-state index in [2.05, 4.69) is 4.74 Å². The van der Waals surface area contributed by atoms with Crippen molar-refractivity contribution in [3.63, 3.8) is 0 Å². The molecule has 0 aliphatic carbocycles. The Labute approximate surface area is 82.8 Å². The third kappa shape index (κ3) is 2.38. The summed E-state index contributed by atoms with van der Waals surface area (Å²) in [4.78, 5) is 11.3. The molecule has 1 saturated heterocycles. The first-order valence-electron chi connectivity index (χ1n) is 4.28. The Bertz CT molecular complexity index is 215. The highest BCUT2D eigenvalue weighted by Crippen LogP contribution is 2.39. The monoisotopic (exact) mass is 204 g/mol. The minimum Gasteiger partial charge on any atom is -0.467 e. The molecule has 0 bridgehead atoms. The normalized spacial score (nSPS) is 32.6. The molecular weight excluding hydrogens is 188 g/mol. The lowest BCUT2D eigenvalue weighted by molar-refractivity contribution is -0.163. The second kappa shape index (κ2) is 3.50. The van der Waals surface area contributed by atoms with Gasteiger partial charge in [-0.1, -0.05) is 13.8 Å². The Morgan fingerprint density at radius 2 is 2.08 bits per heavy atom. The van der Waals surface area contributed by atoms with Crippen molar-refractivity contribution in [1.29, 1.82) is 0 Å². The number of esters is 1.